The molecule has 1 atom stereocenters. The molecule has 2 aliphatic rings. The summed E-state index contributed by atoms with van der Waals surface area (Å²) in [6.45, 7) is 7.49. The van der Waals surface area contributed by atoms with Crippen molar-refractivity contribution in [1.82, 2.24) is 20.2 Å². The molecule has 2 amide bonds. The van der Waals surface area contributed by atoms with Crippen molar-refractivity contribution in [2.75, 3.05) is 46.0 Å². The SMILES string of the molecule is CCOc1ccc2cc(C3CC(c4ccc(I)cc4)=NN3C(=O)CCCC(=O)NCCCN3CCOCC3)c(Cl)nc2c1. The molecule has 1 saturated heterocycles. The van der Waals surface area contributed by atoms with Gasteiger partial charge < -0.3 is 14.8 Å². The zero-order chi connectivity index (χ0) is 30.2. The summed E-state index contributed by atoms with van der Waals surface area (Å²) < 4.78 is 12.1. The number of halogens is 2. The molecule has 0 saturated carbocycles. The Morgan fingerprint density at radius 2 is 1.88 bits per heavy atom. The van der Waals surface area contributed by atoms with Crippen molar-refractivity contribution >= 4 is 62.6 Å². The molecule has 228 valence electrons. The smallest absolute Gasteiger partial charge is 0.243 e. The molecule has 0 radical (unpaired) electrons. The van der Waals surface area contributed by atoms with Gasteiger partial charge in [-0.05, 0) is 84.8 Å². The predicted octanol–water partition coefficient (Wildman–Crippen LogP) is 5.58. The van der Waals surface area contributed by atoms with E-state index in [4.69, 9.17) is 26.2 Å². The Balaban J connectivity index is 1.24. The van der Waals surface area contributed by atoms with Crippen LogP contribution in [0.15, 0.2) is 53.6 Å². The molecule has 3 aromatic rings. The molecule has 1 aromatic heterocycles. The molecule has 1 N–H and O–H groups in total. The van der Waals surface area contributed by atoms with Gasteiger partial charge in [-0.2, -0.15) is 5.10 Å². The van der Waals surface area contributed by atoms with Gasteiger partial charge in [0.25, 0.3) is 0 Å². The number of ether oxygens (including phenoxy) is 2. The Bertz CT molecular complexity index is 1460. The minimum atomic E-state index is -0.397. The Kier molecular flexibility index (Phi) is 11.2. The number of amides is 2. The summed E-state index contributed by atoms with van der Waals surface area (Å²) in [6, 6.07) is 15.4. The highest BCUT2D eigenvalue weighted by molar-refractivity contribution is 14.1. The first-order valence-corrected chi connectivity index (χ1v) is 16.3. The van der Waals surface area contributed by atoms with Crippen LogP contribution in [-0.2, 0) is 14.3 Å². The fourth-order valence-electron chi connectivity index (χ4n) is 5.39. The first-order valence-electron chi connectivity index (χ1n) is 14.9. The van der Waals surface area contributed by atoms with E-state index in [1.54, 1.807) is 0 Å². The highest BCUT2D eigenvalue weighted by Crippen LogP contribution is 2.38. The van der Waals surface area contributed by atoms with Crippen LogP contribution < -0.4 is 10.1 Å². The summed E-state index contributed by atoms with van der Waals surface area (Å²) in [5, 5.41) is 10.5. The van der Waals surface area contributed by atoms with Crippen molar-refractivity contribution in [3.05, 3.63) is 68.4 Å². The van der Waals surface area contributed by atoms with Crippen LogP contribution in [0.25, 0.3) is 10.9 Å². The maximum Gasteiger partial charge on any atom is 0.243 e. The number of carbonyl (C=O) groups is 2. The van der Waals surface area contributed by atoms with Crippen LogP contribution >= 0.6 is 34.2 Å². The van der Waals surface area contributed by atoms with E-state index in [9.17, 15) is 9.59 Å². The number of rotatable bonds is 12. The normalized spacial score (nSPS) is 17.2. The van der Waals surface area contributed by atoms with Crippen molar-refractivity contribution < 1.29 is 19.1 Å². The molecule has 5 rings (SSSR count). The van der Waals surface area contributed by atoms with Crippen LogP contribution in [0.1, 0.15) is 56.2 Å². The third-order valence-corrected chi connectivity index (χ3v) is 8.68. The van der Waals surface area contributed by atoms with Crippen LogP contribution in [0.3, 0.4) is 0 Å². The number of nitrogens with zero attached hydrogens (tertiary/aromatic N) is 4. The second kappa shape index (κ2) is 15.3. The van der Waals surface area contributed by atoms with Crippen LogP contribution in [-0.4, -0.2) is 78.4 Å². The van der Waals surface area contributed by atoms with Gasteiger partial charge in [0.1, 0.15) is 10.9 Å². The van der Waals surface area contributed by atoms with Crippen LogP contribution in [0, 0.1) is 3.57 Å². The number of pyridine rings is 1. The van der Waals surface area contributed by atoms with Crippen LogP contribution in [0.4, 0.5) is 0 Å². The van der Waals surface area contributed by atoms with Gasteiger partial charge in [0.15, 0.2) is 0 Å². The number of morpholine rings is 1. The summed E-state index contributed by atoms with van der Waals surface area (Å²) >= 11 is 9.02. The van der Waals surface area contributed by atoms with Gasteiger partial charge in [0.05, 0.1) is 37.1 Å². The van der Waals surface area contributed by atoms with Gasteiger partial charge in [-0.25, -0.2) is 9.99 Å². The first kappa shape index (κ1) is 31.6. The second-order valence-electron chi connectivity index (χ2n) is 10.7. The third-order valence-electron chi connectivity index (χ3n) is 7.65. The van der Waals surface area contributed by atoms with E-state index in [0.29, 0.717) is 31.1 Å². The summed E-state index contributed by atoms with van der Waals surface area (Å²) in [6.07, 6.45) is 2.34. The van der Waals surface area contributed by atoms with E-state index in [2.05, 4.69) is 37.8 Å². The monoisotopic (exact) mass is 717 g/mol. The molecule has 43 heavy (non-hydrogen) atoms. The molecule has 2 aliphatic heterocycles. The van der Waals surface area contributed by atoms with Crippen molar-refractivity contribution in [3.63, 3.8) is 0 Å². The fraction of sp³-hybridized carbons (Fsp3) is 0.438. The van der Waals surface area contributed by atoms with Crippen molar-refractivity contribution in [2.45, 2.75) is 45.1 Å². The molecule has 0 bridgehead atoms. The van der Waals surface area contributed by atoms with Gasteiger partial charge in [-0.3, -0.25) is 14.5 Å². The molecule has 3 heterocycles. The maximum absolute atomic E-state index is 13.6. The lowest BCUT2D eigenvalue weighted by molar-refractivity contribution is -0.133. The van der Waals surface area contributed by atoms with Crippen molar-refractivity contribution in [3.8, 4) is 5.75 Å². The number of fused-ring (bicyclic) bond motifs is 1. The lowest BCUT2D eigenvalue weighted by Crippen LogP contribution is -2.38. The molecule has 2 aromatic carbocycles. The molecule has 0 aliphatic carbocycles. The number of benzene rings is 2. The first-order chi connectivity index (χ1) is 20.9. The van der Waals surface area contributed by atoms with Crippen molar-refractivity contribution in [2.24, 2.45) is 5.10 Å². The van der Waals surface area contributed by atoms with Gasteiger partial charge in [0.2, 0.25) is 11.8 Å². The summed E-state index contributed by atoms with van der Waals surface area (Å²) in [5.74, 6) is 0.548. The molecular weight excluding hydrogens is 681 g/mol. The van der Waals surface area contributed by atoms with E-state index in [0.717, 1.165) is 76.3 Å². The second-order valence-corrected chi connectivity index (χ2v) is 12.3. The average molecular weight is 718 g/mol. The molecular formula is C32H37ClIN5O4. The topological polar surface area (TPSA) is 96.4 Å². The van der Waals surface area contributed by atoms with Gasteiger partial charge >= 0.3 is 0 Å². The maximum atomic E-state index is 13.6. The molecule has 0 spiro atoms. The molecule has 1 unspecified atom stereocenters. The van der Waals surface area contributed by atoms with Gasteiger partial charge in [-0.15, -0.1) is 0 Å². The lowest BCUT2D eigenvalue weighted by Gasteiger charge is -2.26. The zero-order valence-electron chi connectivity index (χ0n) is 24.4. The minimum absolute atomic E-state index is 0.0379. The standard InChI is InChI=1S/C32H37ClIN5O4/c1-2-43-25-12-9-23-19-26(32(33)36-27(23)20-25)29-21-28(22-7-10-24(34)11-8-22)37-39(29)31(41)6-3-5-30(40)35-13-4-14-38-15-17-42-18-16-38/h7-12,19-20,29H,2-6,13-18,21H2,1H3,(H,35,40). The lowest BCUT2D eigenvalue weighted by atomic mass is 9.98. The quantitative estimate of drug-likeness (QED) is 0.150. The third kappa shape index (κ3) is 8.43. The Hall–Kier alpha value is -2.80. The van der Waals surface area contributed by atoms with E-state index < -0.39 is 6.04 Å². The highest BCUT2D eigenvalue weighted by Gasteiger charge is 2.34. The average Bonchev–Trinajstić information content (AvgIpc) is 3.45. The van der Waals surface area contributed by atoms with E-state index in [1.807, 2.05) is 55.5 Å². The Morgan fingerprint density at radius 1 is 1.09 bits per heavy atom. The van der Waals surface area contributed by atoms with Crippen LogP contribution in [0.5, 0.6) is 5.75 Å². The Labute approximate surface area is 271 Å². The largest absolute Gasteiger partial charge is 0.494 e. The number of aromatic nitrogens is 1. The minimum Gasteiger partial charge on any atom is -0.494 e. The molecule has 1 fully saturated rings. The Morgan fingerprint density at radius 3 is 2.65 bits per heavy atom. The van der Waals surface area contributed by atoms with E-state index in [-0.39, 0.29) is 24.7 Å². The summed E-state index contributed by atoms with van der Waals surface area (Å²) in [7, 11) is 0. The fourth-order valence-corrected chi connectivity index (χ4v) is 6.02. The van der Waals surface area contributed by atoms with E-state index in [1.165, 1.54) is 5.01 Å². The van der Waals surface area contributed by atoms with E-state index >= 15 is 0 Å². The van der Waals surface area contributed by atoms with Gasteiger partial charge in [0, 0.05) is 59.5 Å². The summed E-state index contributed by atoms with van der Waals surface area (Å²) in [4.78, 5) is 33.0. The predicted molar refractivity (Wildman–Crippen MR) is 177 cm³/mol. The molecule has 9 nitrogen and oxygen atoms in total. The zero-order valence-corrected chi connectivity index (χ0v) is 27.3. The van der Waals surface area contributed by atoms with Crippen molar-refractivity contribution in [1.29, 1.82) is 0 Å². The highest BCUT2D eigenvalue weighted by atomic mass is 127. The number of carbonyl (C=O) groups excluding carboxylic acids is 2. The van der Waals surface area contributed by atoms with Crippen LogP contribution in [0.2, 0.25) is 5.15 Å². The number of nitrogens with one attached hydrogen (secondary N) is 1. The number of hydrogen-bond donors (Lipinski definition) is 1. The number of hydrazone groups is 1. The molecule has 11 heteroatoms. The summed E-state index contributed by atoms with van der Waals surface area (Å²) in [5.41, 5.74) is 3.25. The van der Waals surface area contributed by atoms with Gasteiger partial charge in [-0.1, -0.05) is 23.7 Å². The number of hydrogen-bond acceptors (Lipinski definition) is 7.